The Morgan fingerprint density at radius 2 is 1.90 bits per heavy atom. The molecule has 2 aromatic rings. The second kappa shape index (κ2) is 5.25. The van der Waals surface area contributed by atoms with Gasteiger partial charge in [-0.05, 0) is 20.0 Å². The van der Waals surface area contributed by atoms with Crippen LogP contribution >= 0.6 is 0 Å². The third kappa shape index (κ3) is 2.64. The van der Waals surface area contributed by atoms with E-state index in [1.165, 1.54) is 6.07 Å². The Labute approximate surface area is 122 Å². The van der Waals surface area contributed by atoms with Crippen LogP contribution in [0, 0.1) is 17.0 Å². The molecule has 0 spiro atoms. The van der Waals surface area contributed by atoms with Crippen molar-refractivity contribution in [3.05, 3.63) is 34.0 Å². The lowest BCUT2D eigenvalue weighted by Gasteiger charge is -2.32. The average Bonchev–Trinajstić information content (AvgIpc) is 2.47. The van der Waals surface area contributed by atoms with Gasteiger partial charge in [0, 0.05) is 43.7 Å². The fourth-order valence-corrected chi connectivity index (χ4v) is 2.52. The Morgan fingerprint density at radius 1 is 1.19 bits per heavy atom. The molecule has 1 aliphatic heterocycles. The zero-order valence-corrected chi connectivity index (χ0v) is 12.1. The second-order valence-corrected chi connectivity index (χ2v) is 5.36. The van der Waals surface area contributed by atoms with Crippen molar-refractivity contribution in [3.63, 3.8) is 0 Å². The highest BCUT2D eigenvalue weighted by atomic mass is 16.6. The molecule has 0 saturated carbocycles. The van der Waals surface area contributed by atoms with E-state index in [4.69, 9.17) is 0 Å². The van der Waals surface area contributed by atoms with Crippen LogP contribution in [0.25, 0.3) is 10.9 Å². The number of likely N-dealkylation sites (N-methyl/N-ethyl adjacent to an activating group) is 1. The van der Waals surface area contributed by atoms with E-state index in [0.717, 1.165) is 42.8 Å². The van der Waals surface area contributed by atoms with Gasteiger partial charge >= 0.3 is 0 Å². The standard InChI is InChI=1S/C14H17N5O2/c1-10-12-9-11(19(20)21)3-4-13(12)16-14(15-10)18-7-5-17(2)6-8-18/h3-4,9H,5-8H2,1-2H3. The summed E-state index contributed by atoms with van der Waals surface area (Å²) in [4.78, 5) is 24.0. The van der Waals surface area contributed by atoms with Crippen molar-refractivity contribution in [2.24, 2.45) is 0 Å². The SMILES string of the molecule is Cc1nc(N2CCN(C)CC2)nc2ccc([N+](=O)[O-])cc12. The first kappa shape index (κ1) is 13.7. The number of piperazine rings is 1. The highest BCUT2D eigenvalue weighted by Crippen LogP contribution is 2.24. The summed E-state index contributed by atoms with van der Waals surface area (Å²) in [5, 5.41) is 11.6. The van der Waals surface area contributed by atoms with Gasteiger partial charge in [0.15, 0.2) is 0 Å². The summed E-state index contributed by atoms with van der Waals surface area (Å²) in [6.07, 6.45) is 0. The normalized spacial score (nSPS) is 16.4. The molecule has 1 fully saturated rings. The van der Waals surface area contributed by atoms with Crippen molar-refractivity contribution in [3.8, 4) is 0 Å². The number of fused-ring (bicyclic) bond motifs is 1. The molecule has 0 atom stereocenters. The van der Waals surface area contributed by atoms with Crippen LogP contribution < -0.4 is 4.90 Å². The minimum atomic E-state index is -0.396. The van der Waals surface area contributed by atoms with Gasteiger partial charge in [0.25, 0.3) is 5.69 Å². The Bertz CT molecular complexity index is 695. The van der Waals surface area contributed by atoms with Gasteiger partial charge in [0.1, 0.15) is 0 Å². The van der Waals surface area contributed by atoms with E-state index in [1.54, 1.807) is 12.1 Å². The first-order valence-electron chi connectivity index (χ1n) is 6.91. The van der Waals surface area contributed by atoms with Gasteiger partial charge in [-0.1, -0.05) is 0 Å². The van der Waals surface area contributed by atoms with Crippen LogP contribution in [0.2, 0.25) is 0 Å². The molecule has 0 radical (unpaired) electrons. The number of nitro groups is 1. The van der Waals surface area contributed by atoms with E-state index >= 15 is 0 Å². The van der Waals surface area contributed by atoms with Crippen molar-refractivity contribution in [1.82, 2.24) is 14.9 Å². The van der Waals surface area contributed by atoms with Crippen LogP contribution in [0.3, 0.4) is 0 Å². The van der Waals surface area contributed by atoms with Crippen LogP contribution in [0.15, 0.2) is 18.2 Å². The van der Waals surface area contributed by atoms with Crippen LogP contribution in [-0.4, -0.2) is 53.0 Å². The molecule has 0 amide bonds. The molecule has 1 saturated heterocycles. The number of hydrogen-bond donors (Lipinski definition) is 0. The fourth-order valence-electron chi connectivity index (χ4n) is 2.52. The molecular formula is C14H17N5O2. The smallest absolute Gasteiger partial charge is 0.270 e. The van der Waals surface area contributed by atoms with Crippen LogP contribution in [0.4, 0.5) is 11.6 Å². The summed E-state index contributed by atoms with van der Waals surface area (Å²) in [5.74, 6) is 0.710. The quantitative estimate of drug-likeness (QED) is 0.617. The number of benzene rings is 1. The van der Waals surface area contributed by atoms with Gasteiger partial charge in [-0.25, -0.2) is 9.97 Å². The van der Waals surface area contributed by atoms with Crippen LogP contribution in [0.5, 0.6) is 0 Å². The maximum Gasteiger partial charge on any atom is 0.270 e. The number of non-ortho nitro benzene ring substituents is 1. The molecule has 0 unspecified atom stereocenters. The summed E-state index contributed by atoms with van der Waals surface area (Å²) in [7, 11) is 2.10. The maximum absolute atomic E-state index is 10.9. The van der Waals surface area contributed by atoms with E-state index in [1.807, 2.05) is 6.92 Å². The van der Waals surface area contributed by atoms with Gasteiger partial charge in [0.05, 0.1) is 16.1 Å². The Kier molecular flexibility index (Phi) is 3.42. The van der Waals surface area contributed by atoms with Gasteiger partial charge in [-0.2, -0.15) is 0 Å². The van der Waals surface area contributed by atoms with Crippen LogP contribution in [-0.2, 0) is 0 Å². The van der Waals surface area contributed by atoms with Gasteiger partial charge in [-0.3, -0.25) is 10.1 Å². The zero-order valence-electron chi connectivity index (χ0n) is 12.1. The molecule has 1 aromatic carbocycles. The Hall–Kier alpha value is -2.28. The fraction of sp³-hybridized carbons (Fsp3) is 0.429. The molecule has 0 aliphatic carbocycles. The van der Waals surface area contributed by atoms with Crippen molar-refractivity contribution in [2.75, 3.05) is 38.1 Å². The molecule has 0 N–H and O–H groups in total. The average molecular weight is 287 g/mol. The first-order valence-corrected chi connectivity index (χ1v) is 6.91. The Balaban J connectivity index is 1.99. The molecular weight excluding hydrogens is 270 g/mol. The lowest BCUT2D eigenvalue weighted by Crippen LogP contribution is -2.45. The third-order valence-electron chi connectivity index (χ3n) is 3.86. The lowest BCUT2D eigenvalue weighted by molar-refractivity contribution is -0.384. The van der Waals surface area contributed by atoms with Crippen LogP contribution in [0.1, 0.15) is 5.69 Å². The number of hydrogen-bond acceptors (Lipinski definition) is 6. The van der Waals surface area contributed by atoms with Crippen molar-refractivity contribution < 1.29 is 4.92 Å². The predicted molar refractivity (Wildman–Crippen MR) is 80.6 cm³/mol. The van der Waals surface area contributed by atoms with Crippen molar-refractivity contribution in [1.29, 1.82) is 0 Å². The number of anilines is 1. The number of aromatic nitrogens is 2. The summed E-state index contributed by atoms with van der Waals surface area (Å²) in [6.45, 7) is 5.64. The number of nitro benzene ring substituents is 1. The van der Waals surface area contributed by atoms with Crippen molar-refractivity contribution >= 4 is 22.5 Å². The van der Waals surface area contributed by atoms with E-state index in [2.05, 4.69) is 26.8 Å². The van der Waals surface area contributed by atoms with E-state index in [9.17, 15) is 10.1 Å². The summed E-state index contributed by atoms with van der Waals surface area (Å²) in [5.41, 5.74) is 1.60. The molecule has 1 aliphatic rings. The van der Waals surface area contributed by atoms with E-state index in [0.29, 0.717) is 5.95 Å². The van der Waals surface area contributed by atoms with Crippen molar-refractivity contribution in [2.45, 2.75) is 6.92 Å². The molecule has 1 aromatic heterocycles. The topological polar surface area (TPSA) is 75.4 Å². The maximum atomic E-state index is 10.9. The molecule has 2 heterocycles. The highest BCUT2D eigenvalue weighted by molar-refractivity contribution is 5.84. The molecule has 0 bridgehead atoms. The molecule has 7 nitrogen and oxygen atoms in total. The first-order chi connectivity index (χ1) is 10.0. The highest BCUT2D eigenvalue weighted by Gasteiger charge is 2.18. The molecule has 3 rings (SSSR count). The largest absolute Gasteiger partial charge is 0.338 e. The summed E-state index contributed by atoms with van der Waals surface area (Å²) < 4.78 is 0. The minimum absolute atomic E-state index is 0.0709. The minimum Gasteiger partial charge on any atom is -0.338 e. The summed E-state index contributed by atoms with van der Waals surface area (Å²) in [6, 6.07) is 4.72. The van der Waals surface area contributed by atoms with Gasteiger partial charge in [-0.15, -0.1) is 0 Å². The summed E-state index contributed by atoms with van der Waals surface area (Å²) >= 11 is 0. The lowest BCUT2D eigenvalue weighted by atomic mass is 10.2. The number of rotatable bonds is 2. The Morgan fingerprint density at radius 3 is 2.57 bits per heavy atom. The van der Waals surface area contributed by atoms with Gasteiger partial charge in [0.2, 0.25) is 5.95 Å². The number of aryl methyl sites for hydroxylation is 1. The second-order valence-electron chi connectivity index (χ2n) is 5.36. The van der Waals surface area contributed by atoms with E-state index < -0.39 is 4.92 Å². The molecule has 7 heteroatoms. The van der Waals surface area contributed by atoms with Gasteiger partial charge < -0.3 is 9.80 Å². The molecule has 110 valence electrons. The predicted octanol–water partition coefficient (Wildman–Crippen LogP) is 1.60. The molecule has 21 heavy (non-hydrogen) atoms. The zero-order chi connectivity index (χ0) is 15.0. The third-order valence-corrected chi connectivity index (χ3v) is 3.86. The monoisotopic (exact) mass is 287 g/mol. The number of nitrogens with zero attached hydrogens (tertiary/aromatic N) is 5. The van der Waals surface area contributed by atoms with E-state index in [-0.39, 0.29) is 5.69 Å².